The fourth-order valence-electron chi connectivity index (χ4n) is 2.92. The van der Waals surface area contributed by atoms with Gasteiger partial charge in [0.05, 0.1) is 0 Å². The molecule has 11 heavy (non-hydrogen) atoms. The first-order chi connectivity index (χ1) is 5.25. The number of hydrogen-bond acceptors (Lipinski definition) is 1. The molecule has 0 aromatic rings. The summed E-state index contributed by atoms with van der Waals surface area (Å²) in [5.41, 5.74) is 0. The summed E-state index contributed by atoms with van der Waals surface area (Å²) in [5.74, 6) is 2.01. The van der Waals surface area contributed by atoms with Crippen molar-refractivity contribution < 1.29 is 0 Å². The minimum absolute atomic E-state index is 0.920. The zero-order valence-corrected chi connectivity index (χ0v) is 7.71. The summed E-state index contributed by atoms with van der Waals surface area (Å²) in [6.45, 7) is 3.79. The fraction of sp³-hybridized carbons (Fsp3) is 1.00. The normalized spacial score (nSPS) is 45.8. The van der Waals surface area contributed by atoms with Gasteiger partial charge in [-0.05, 0) is 44.6 Å². The van der Waals surface area contributed by atoms with Gasteiger partial charge in [-0.3, -0.25) is 0 Å². The molecular weight excluding hydrogens is 134 g/mol. The lowest BCUT2D eigenvalue weighted by molar-refractivity contribution is 0.157. The van der Waals surface area contributed by atoms with Crippen molar-refractivity contribution in [3.05, 3.63) is 0 Å². The van der Waals surface area contributed by atoms with Crippen LogP contribution in [0.15, 0.2) is 0 Å². The van der Waals surface area contributed by atoms with Crippen LogP contribution in [-0.4, -0.2) is 24.5 Å². The van der Waals surface area contributed by atoms with E-state index in [1.165, 1.54) is 32.2 Å². The van der Waals surface area contributed by atoms with E-state index in [0.29, 0.717) is 0 Å². The van der Waals surface area contributed by atoms with Gasteiger partial charge in [0.1, 0.15) is 0 Å². The maximum Gasteiger partial charge on any atom is 0.00949 e. The first-order valence-electron chi connectivity index (χ1n) is 4.96. The highest BCUT2D eigenvalue weighted by Crippen LogP contribution is 2.35. The first kappa shape index (κ1) is 7.60. The third-order valence-corrected chi connectivity index (χ3v) is 3.49. The molecular formula is C10H19N. The molecule has 2 bridgehead atoms. The van der Waals surface area contributed by atoms with Crippen molar-refractivity contribution in [3.8, 4) is 0 Å². The molecule has 2 aliphatic heterocycles. The third-order valence-electron chi connectivity index (χ3n) is 3.49. The SMILES string of the molecule is C[C@@H]1C[C@@H]2CC[C@H](C1)N(C)C2. The van der Waals surface area contributed by atoms with Crippen LogP contribution in [0.4, 0.5) is 0 Å². The second kappa shape index (κ2) is 2.78. The monoisotopic (exact) mass is 153 g/mol. The van der Waals surface area contributed by atoms with Crippen molar-refractivity contribution in [1.82, 2.24) is 4.90 Å². The van der Waals surface area contributed by atoms with Gasteiger partial charge >= 0.3 is 0 Å². The van der Waals surface area contributed by atoms with E-state index in [2.05, 4.69) is 18.9 Å². The summed E-state index contributed by atoms with van der Waals surface area (Å²) in [6.07, 6.45) is 5.90. The van der Waals surface area contributed by atoms with Gasteiger partial charge < -0.3 is 4.90 Å². The van der Waals surface area contributed by atoms with Crippen LogP contribution in [-0.2, 0) is 0 Å². The highest BCUT2D eigenvalue weighted by Gasteiger charge is 2.31. The van der Waals surface area contributed by atoms with Crippen LogP contribution in [0.2, 0.25) is 0 Å². The predicted molar refractivity (Wildman–Crippen MR) is 47.5 cm³/mol. The standard InChI is InChI=1S/C10H19N/c1-8-5-9-3-4-10(6-8)11(2)7-9/h8-10H,3-7H2,1-2H3/t8-,9+,10-/m1/s1. The smallest absolute Gasteiger partial charge is 0.00949 e. The zero-order valence-electron chi connectivity index (χ0n) is 7.71. The molecule has 0 unspecified atom stereocenters. The molecule has 3 aliphatic rings. The van der Waals surface area contributed by atoms with Crippen LogP contribution < -0.4 is 0 Å². The quantitative estimate of drug-likeness (QED) is 0.515. The third kappa shape index (κ3) is 1.44. The average Bonchev–Trinajstić information content (AvgIpc) is 2.16. The maximum absolute atomic E-state index is 2.58. The number of piperidine rings is 1. The van der Waals surface area contributed by atoms with Crippen LogP contribution in [0.25, 0.3) is 0 Å². The highest BCUT2D eigenvalue weighted by atomic mass is 15.1. The molecule has 1 aliphatic carbocycles. The Kier molecular flexibility index (Phi) is 1.92. The van der Waals surface area contributed by atoms with Gasteiger partial charge in [0.2, 0.25) is 0 Å². The van der Waals surface area contributed by atoms with Gasteiger partial charge in [0.15, 0.2) is 0 Å². The van der Waals surface area contributed by atoms with Crippen molar-refractivity contribution >= 4 is 0 Å². The van der Waals surface area contributed by atoms with Crippen molar-refractivity contribution in [2.45, 2.75) is 38.6 Å². The number of nitrogens with zero attached hydrogens (tertiary/aromatic N) is 1. The van der Waals surface area contributed by atoms with Crippen molar-refractivity contribution in [3.63, 3.8) is 0 Å². The second-order valence-corrected chi connectivity index (χ2v) is 4.61. The van der Waals surface area contributed by atoms with E-state index in [-0.39, 0.29) is 0 Å². The molecule has 0 radical (unpaired) electrons. The Bertz CT molecular complexity index is 142. The predicted octanol–water partition coefficient (Wildman–Crippen LogP) is 2.13. The number of fused-ring (bicyclic) bond motifs is 4. The van der Waals surface area contributed by atoms with Gasteiger partial charge in [-0.2, -0.15) is 0 Å². The maximum atomic E-state index is 2.58. The Labute approximate surface area is 69.8 Å². The zero-order chi connectivity index (χ0) is 7.84. The largest absolute Gasteiger partial charge is 0.303 e. The van der Waals surface area contributed by atoms with E-state index in [0.717, 1.165) is 17.9 Å². The molecule has 1 nitrogen and oxygen atoms in total. The fourth-order valence-corrected chi connectivity index (χ4v) is 2.92. The molecule has 0 amide bonds. The Morgan fingerprint density at radius 2 is 2.00 bits per heavy atom. The van der Waals surface area contributed by atoms with E-state index in [9.17, 15) is 0 Å². The molecule has 3 atom stereocenters. The van der Waals surface area contributed by atoms with Gasteiger partial charge in [0.25, 0.3) is 0 Å². The van der Waals surface area contributed by atoms with Crippen molar-refractivity contribution in [2.24, 2.45) is 11.8 Å². The molecule has 0 spiro atoms. The summed E-state index contributed by atoms with van der Waals surface area (Å²) in [5, 5.41) is 0. The minimum atomic E-state index is 0.920. The minimum Gasteiger partial charge on any atom is -0.303 e. The number of rotatable bonds is 0. The highest BCUT2D eigenvalue weighted by molar-refractivity contribution is 4.86. The Morgan fingerprint density at radius 1 is 1.18 bits per heavy atom. The molecule has 0 aromatic carbocycles. The van der Waals surface area contributed by atoms with Gasteiger partial charge in [-0.15, -0.1) is 0 Å². The summed E-state index contributed by atoms with van der Waals surface area (Å²) in [6, 6.07) is 0.920. The van der Waals surface area contributed by atoms with E-state index >= 15 is 0 Å². The topological polar surface area (TPSA) is 3.24 Å². The Morgan fingerprint density at radius 3 is 2.73 bits per heavy atom. The lowest BCUT2D eigenvalue weighted by Gasteiger charge is -2.33. The average molecular weight is 153 g/mol. The molecule has 0 N–H and O–H groups in total. The van der Waals surface area contributed by atoms with E-state index in [4.69, 9.17) is 0 Å². The van der Waals surface area contributed by atoms with Gasteiger partial charge in [-0.25, -0.2) is 0 Å². The lowest BCUT2D eigenvalue weighted by Crippen LogP contribution is -2.37. The van der Waals surface area contributed by atoms with Crippen LogP contribution in [0.1, 0.15) is 32.6 Å². The van der Waals surface area contributed by atoms with Crippen LogP contribution in [0.3, 0.4) is 0 Å². The molecule has 2 saturated heterocycles. The van der Waals surface area contributed by atoms with Crippen LogP contribution in [0.5, 0.6) is 0 Å². The van der Waals surface area contributed by atoms with Gasteiger partial charge in [0, 0.05) is 12.6 Å². The summed E-state index contributed by atoms with van der Waals surface area (Å²) in [4.78, 5) is 2.58. The molecule has 1 heteroatoms. The summed E-state index contributed by atoms with van der Waals surface area (Å²) in [7, 11) is 2.30. The molecule has 3 rings (SSSR count). The van der Waals surface area contributed by atoms with E-state index in [1.54, 1.807) is 0 Å². The van der Waals surface area contributed by atoms with Crippen LogP contribution >= 0.6 is 0 Å². The molecule has 0 aromatic heterocycles. The van der Waals surface area contributed by atoms with Crippen LogP contribution in [0, 0.1) is 11.8 Å². The first-order valence-corrected chi connectivity index (χ1v) is 4.96. The summed E-state index contributed by atoms with van der Waals surface area (Å²) < 4.78 is 0. The molecule has 2 heterocycles. The van der Waals surface area contributed by atoms with E-state index in [1.807, 2.05) is 0 Å². The molecule has 3 fully saturated rings. The lowest BCUT2D eigenvalue weighted by atomic mass is 9.94. The Hall–Kier alpha value is -0.0400. The molecule has 64 valence electrons. The van der Waals surface area contributed by atoms with Crippen molar-refractivity contribution in [1.29, 1.82) is 0 Å². The Balaban J connectivity index is 2.10. The summed E-state index contributed by atoms with van der Waals surface area (Å²) >= 11 is 0. The molecule has 1 saturated carbocycles. The van der Waals surface area contributed by atoms with Crippen molar-refractivity contribution in [2.75, 3.05) is 13.6 Å². The van der Waals surface area contributed by atoms with Gasteiger partial charge in [-0.1, -0.05) is 6.92 Å². The van der Waals surface area contributed by atoms with E-state index < -0.39 is 0 Å². The number of hydrogen-bond donors (Lipinski definition) is 0. The second-order valence-electron chi connectivity index (χ2n) is 4.61.